The molecule has 4 aromatic rings. The minimum Gasteiger partial charge on any atom is -0.484 e. The fourth-order valence-electron chi connectivity index (χ4n) is 4.55. The molecular weight excluding hydrogens is 450 g/mol. The molecule has 1 aliphatic rings. The lowest BCUT2D eigenvalue weighted by Crippen LogP contribution is -2.40. The molecule has 6 heteroatoms. The number of benzene rings is 3. The number of carbonyl (C=O) groups is 2. The van der Waals surface area contributed by atoms with Gasteiger partial charge in [0, 0.05) is 31.0 Å². The van der Waals surface area contributed by atoms with Gasteiger partial charge in [0.05, 0.1) is 6.04 Å². The summed E-state index contributed by atoms with van der Waals surface area (Å²) in [4.78, 5) is 31.9. The monoisotopic (exact) mass is 477 g/mol. The smallest absolute Gasteiger partial charge is 0.258 e. The zero-order valence-corrected chi connectivity index (χ0v) is 19.8. The summed E-state index contributed by atoms with van der Waals surface area (Å²) in [6.45, 7) is 0.922. The summed E-state index contributed by atoms with van der Waals surface area (Å²) in [6, 6.07) is 28.8. The van der Waals surface area contributed by atoms with Crippen LogP contribution in [0.3, 0.4) is 0 Å². The summed E-state index contributed by atoms with van der Waals surface area (Å²) >= 11 is 0. The highest BCUT2D eigenvalue weighted by Crippen LogP contribution is 2.38. The fourth-order valence-corrected chi connectivity index (χ4v) is 4.55. The van der Waals surface area contributed by atoms with Crippen LogP contribution in [-0.4, -0.2) is 34.8 Å². The van der Waals surface area contributed by atoms with E-state index in [2.05, 4.69) is 10.3 Å². The van der Waals surface area contributed by atoms with Crippen molar-refractivity contribution in [1.82, 2.24) is 15.2 Å². The van der Waals surface area contributed by atoms with Crippen LogP contribution < -0.4 is 10.1 Å². The van der Waals surface area contributed by atoms with Crippen molar-refractivity contribution in [1.29, 1.82) is 0 Å². The van der Waals surface area contributed by atoms with E-state index in [4.69, 9.17) is 4.74 Å². The standard InChI is InChI=1S/C30H27N3O3/c34-28(32-20-22-8-7-16-31-19-22)21-36-26-14-13-23-15-17-33(30(35)25-11-5-2-6-12-25)29(27(23)18-26)24-9-3-1-4-10-24/h1-14,16,18-19,29H,15,17,20-21H2,(H,32,34). The van der Waals surface area contributed by atoms with Crippen molar-refractivity contribution in [3.8, 4) is 5.75 Å². The Balaban J connectivity index is 1.36. The Morgan fingerprint density at radius 2 is 1.72 bits per heavy atom. The topological polar surface area (TPSA) is 71.5 Å². The number of fused-ring (bicyclic) bond motifs is 1. The molecule has 0 saturated heterocycles. The number of aromatic nitrogens is 1. The largest absolute Gasteiger partial charge is 0.484 e. The van der Waals surface area contributed by atoms with Crippen LogP contribution in [0, 0.1) is 0 Å². The van der Waals surface area contributed by atoms with Gasteiger partial charge in [0.1, 0.15) is 5.75 Å². The molecule has 0 fully saturated rings. The molecule has 1 atom stereocenters. The summed E-state index contributed by atoms with van der Waals surface area (Å²) in [6.07, 6.45) is 4.17. The van der Waals surface area contributed by atoms with Crippen LogP contribution in [0.4, 0.5) is 0 Å². The molecule has 2 heterocycles. The van der Waals surface area contributed by atoms with Gasteiger partial charge in [-0.3, -0.25) is 14.6 Å². The molecule has 1 aromatic heterocycles. The van der Waals surface area contributed by atoms with Gasteiger partial charge in [-0.2, -0.15) is 0 Å². The van der Waals surface area contributed by atoms with Crippen molar-refractivity contribution >= 4 is 11.8 Å². The zero-order valence-electron chi connectivity index (χ0n) is 19.8. The minimum atomic E-state index is -0.245. The normalized spacial score (nSPS) is 14.6. The average molecular weight is 478 g/mol. The van der Waals surface area contributed by atoms with E-state index in [0.717, 1.165) is 23.1 Å². The maximum Gasteiger partial charge on any atom is 0.258 e. The second-order valence-corrected chi connectivity index (χ2v) is 8.72. The summed E-state index contributed by atoms with van der Waals surface area (Å²) in [7, 11) is 0. The van der Waals surface area contributed by atoms with E-state index in [1.165, 1.54) is 5.56 Å². The molecule has 5 rings (SSSR count). The molecule has 0 aliphatic carbocycles. The number of nitrogens with one attached hydrogen (secondary N) is 1. The number of nitrogens with zero attached hydrogens (tertiary/aromatic N) is 2. The van der Waals surface area contributed by atoms with Gasteiger partial charge >= 0.3 is 0 Å². The third-order valence-electron chi connectivity index (χ3n) is 6.32. The van der Waals surface area contributed by atoms with Crippen LogP contribution in [0.25, 0.3) is 0 Å². The number of hydrogen-bond donors (Lipinski definition) is 1. The highest BCUT2D eigenvalue weighted by Gasteiger charge is 2.32. The van der Waals surface area contributed by atoms with E-state index in [0.29, 0.717) is 24.4 Å². The molecule has 0 bridgehead atoms. The predicted molar refractivity (Wildman–Crippen MR) is 137 cm³/mol. The predicted octanol–water partition coefficient (Wildman–Crippen LogP) is 4.56. The number of rotatable bonds is 7. The van der Waals surface area contributed by atoms with Crippen LogP contribution >= 0.6 is 0 Å². The van der Waals surface area contributed by atoms with E-state index in [-0.39, 0.29) is 24.5 Å². The molecular formula is C30H27N3O3. The lowest BCUT2D eigenvalue weighted by Gasteiger charge is -2.38. The summed E-state index contributed by atoms with van der Waals surface area (Å²) in [5.41, 5.74) is 4.82. The number of amides is 2. The van der Waals surface area contributed by atoms with Crippen molar-refractivity contribution in [3.63, 3.8) is 0 Å². The van der Waals surface area contributed by atoms with Crippen LogP contribution in [0.1, 0.15) is 38.7 Å². The zero-order chi connectivity index (χ0) is 24.7. The third-order valence-corrected chi connectivity index (χ3v) is 6.32. The molecule has 6 nitrogen and oxygen atoms in total. The molecule has 1 unspecified atom stereocenters. The molecule has 0 spiro atoms. The molecule has 1 N–H and O–H groups in total. The van der Waals surface area contributed by atoms with E-state index in [9.17, 15) is 9.59 Å². The minimum absolute atomic E-state index is 0.00351. The van der Waals surface area contributed by atoms with Gasteiger partial charge in [-0.1, -0.05) is 60.7 Å². The van der Waals surface area contributed by atoms with E-state index in [1.807, 2.05) is 95.9 Å². The van der Waals surface area contributed by atoms with Gasteiger partial charge in [0.15, 0.2) is 6.61 Å². The lowest BCUT2D eigenvalue weighted by atomic mass is 9.87. The Bertz CT molecular complexity index is 1330. The van der Waals surface area contributed by atoms with Crippen LogP contribution in [-0.2, 0) is 17.8 Å². The van der Waals surface area contributed by atoms with Crippen molar-refractivity contribution < 1.29 is 14.3 Å². The molecule has 0 radical (unpaired) electrons. The number of carbonyl (C=O) groups excluding carboxylic acids is 2. The van der Waals surface area contributed by atoms with Gasteiger partial charge in [0.25, 0.3) is 11.8 Å². The Morgan fingerprint density at radius 3 is 2.47 bits per heavy atom. The van der Waals surface area contributed by atoms with Crippen LogP contribution in [0.15, 0.2) is 103 Å². The van der Waals surface area contributed by atoms with Gasteiger partial charge in [-0.15, -0.1) is 0 Å². The van der Waals surface area contributed by atoms with E-state index in [1.54, 1.807) is 12.4 Å². The Morgan fingerprint density at radius 1 is 0.944 bits per heavy atom. The lowest BCUT2D eigenvalue weighted by molar-refractivity contribution is -0.123. The second kappa shape index (κ2) is 10.9. The van der Waals surface area contributed by atoms with Gasteiger partial charge in [0.2, 0.25) is 0 Å². The Labute approximate surface area is 210 Å². The highest BCUT2D eigenvalue weighted by atomic mass is 16.5. The first-order valence-electron chi connectivity index (χ1n) is 12.0. The first-order valence-corrected chi connectivity index (χ1v) is 12.0. The maximum absolute atomic E-state index is 13.5. The average Bonchev–Trinajstić information content (AvgIpc) is 2.95. The Hall–Kier alpha value is -4.45. The highest BCUT2D eigenvalue weighted by molar-refractivity contribution is 5.95. The molecule has 36 heavy (non-hydrogen) atoms. The van der Waals surface area contributed by atoms with Gasteiger partial charge in [-0.05, 0) is 59.0 Å². The van der Waals surface area contributed by atoms with E-state index >= 15 is 0 Å². The fraction of sp³-hybridized carbons (Fsp3) is 0.167. The summed E-state index contributed by atoms with van der Waals surface area (Å²) in [5.74, 6) is 0.383. The van der Waals surface area contributed by atoms with Crippen molar-refractivity contribution in [2.24, 2.45) is 0 Å². The molecule has 2 amide bonds. The van der Waals surface area contributed by atoms with E-state index < -0.39 is 0 Å². The van der Waals surface area contributed by atoms with Gasteiger partial charge in [-0.25, -0.2) is 0 Å². The Kier molecular flexibility index (Phi) is 7.03. The van der Waals surface area contributed by atoms with Crippen molar-refractivity contribution in [2.45, 2.75) is 19.0 Å². The first-order chi connectivity index (χ1) is 17.7. The summed E-state index contributed by atoms with van der Waals surface area (Å²) in [5, 5.41) is 2.85. The van der Waals surface area contributed by atoms with Crippen LogP contribution in [0.5, 0.6) is 5.75 Å². The molecule has 1 aliphatic heterocycles. The third kappa shape index (κ3) is 5.28. The number of hydrogen-bond acceptors (Lipinski definition) is 4. The number of ether oxygens (including phenoxy) is 1. The quantitative estimate of drug-likeness (QED) is 0.424. The van der Waals surface area contributed by atoms with Gasteiger partial charge < -0.3 is 15.0 Å². The van der Waals surface area contributed by atoms with Crippen molar-refractivity contribution in [2.75, 3.05) is 13.2 Å². The molecule has 0 saturated carbocycles. The summed E-state index contributed by atoms with van der Waals surface area (Å²) < 4.78 is 5.86. The molecule has 3 aromatic carbocycles. The SMILES string of the molecule is O=C(COc1ccc2c(c1)C(c1ccccc1)N(C(=O)c1ccccc1)CC2)NCc1cccnc1. The van der Waals surface area contributed by atoms with Crippen molar-refractivity contribution in [3.05, 3.63) is 131 Å². The van der Waals surface area contributed by atoms with Crippen LogP contribution in [0.2, 0.25) is 0 Å². The number of pyridine rings is 1. The maximum atomic E-state index is 13.5. The second-order valence-electron chi connectivity index (χ2n) is 8.72. The molecule has 180 valence electrons. The first kappa shape index (κ1) is 23.3.